The molecule has 0 aliphatic rings. The fourth-order valence-electron chi connectivity index (χ4n) is 0.750. The summed E-state index contributed by atoms with van der Waals surface area (Å²) in [4.78, 5) is 7.89. The lowest BCUT2D eigenvalue weighted by molar-refractivity contribution is 0.686. The summed E-state index contributed by atoms with van der Waals surface area (Å²) in [6.07, 6.45) is 0. The van der Waals surface area contributed by atoms with Crippen LogP contribution >= 0.6 is 11.6 Å². The van der Waals surface area contributed by atoms with Crippen LogP contribution in [0.4, 0.5) is 5.95 Å². The van der Waals surface area contributed by atoms with Crippen LogP contribution < -0.4 is 4.72 Å². The van der Waals surface area contributed by atoms with Crippen molar-refractivity contribution in [3.63, 3.8) is 0 Å². The maximum Gasteiger partial charge on any atom is 0.236 e. The van der Waals surface area contributed by atoms with Gasteiger partial charge < -0.3 is 0 Å². The molecule has 1 heterocycles. The zero-order valence-corrected chi connectivity index (χ0v) is 8.95. The van der Waals surface area contributed by atoms with Crippen LogP contribution in [-0.4, -0.2) is 19.9 Å². The van der Waals surface area contributed by atoms with Crippen LogP contribution in [0, 0.1) is 6.92 Å². The lowest BCUT2D eigenvalue weighted by Gasteiger charge is -2.02. The Morgan fingerprint density at radius 1 is 1.62 bits per heavy atom. The minimum atomic E-state index is -1.13. The van der Waals surface area contributed by atoms with Gasteiger partial charge in [0.1, 0.15) is 16.1 Å². The number of halogens is 1. The van der Waals surface area contributed by atoms with Crippen molar-refractivity contribution in [2.24, 2.45) is 0 Å². The first-order valence-corrected chi connectivity index (χ1v) is 5.47. The third-order valence-corrected chi connectivity index (χ3v) is 2.42. The van der Waals surface area contributed by atoms with E-state index in [0.717, 1.165) is 5.69 Å². The van der Waals surface area contributed by atoms with Gasteiger partial charge in [-0.25, -0.2) is 14.2 Å². The Morgan fingerprint density at radius 2 is 2.31 bits per heavy atom. The monoisotopic (exact) mass is 219 g/mol. The molecule has 0 aromatic carbocycles. The summed E-state index contributed by atoms with van der Waals surface area (Å²) in [7, 11) is -1.13. The van der Waals surface area contributed by atoms with Gasteiger partial charge in [0.2, 0.25) is 5.95 Å². The average Bonchev–Trinajstić information content (AvgIpc) is 2.02. The number of nitrogens with one attached hydrogen (secondary N) is 1. The van der Waals surface area contributed by atoms with Crippen LogP contribution in [0.3, 0.4) is 0 Å². The van der Waals surface area contributed by atoms with Gasteiger partial charge in [0.15, 0.2) is 0 Å². The minimum absolute atomic E-state index is 0.310. The van der Waals surface area contributed by atoms with E-state index < -0.39 is 11.0 Å². The maximum absolute atomic E-state index is 11.1. The van der Waals surface area contributed by atoms with E-state index in [1.165, 1.54) is 0 Å². The molecule has 0 aliphatic carbocycles. The summed E-state index contributed by atoms with van der Waals surface area (Å²) in [5, 5.41) is 0.350. The standard InChI is InChI=1S/C7H10ClN3OS/c1-3-13(12)11-7-9-5(2)4-6(8)10-7/h4H,3H2,1-2H3,(H,9,10,11). The largest absolute Gasteiger partial charge is 0.273 e. The first-order chi connectivity index (χ1) is 6.11. The van der Waals surface area contributed by atoms with Crippen molar-refractivity contribution in [1.82, 2.24) is 9.97 Å². The highest BCUT2D eigenvalue weighted by atomic mass is 35.5. The minimum Gasteiger partial charge on any atom is -0.273 e. The molecule has 72 valence electrons. The van der Waals surface area contributed by atoms with Gasteiger partial charge in [-0.3, -0.25) is 4.72 Å². The predicted octanol–water partition coefficient (Wildman–Crippen LogP) is 1.53. The van der Waals surface area contributed by atoms with Gasteiger partial charge in [-0.05, 0) is 13.0 Å². The van der Waals surface area contributed by atoms with E-state index in [2.05, 4.69) is 14.7 Å². The van der Waals surface area contributed by atoms with E-state index in [4.69, 9.17) is 11.6 Å². The second kappa shape index (κ2) is 4.53. The SMILES string of the molecule is CCS(=O)Nc1nc(C)cc(Cl)n1. The Morgan fingerprint density at radius 3 is 2.85 bits per heavy atom. The summed E-state index contributed by atoms with van der Waals surface area (Å²) in [6, 6.07) is 1.64. The summed E-state index contributed by atoms with van der Waals surface area (Å²) >= 11 is 5.69. The van der Waals surface area contributed by atoms with E-state index in [1.54, 1.807) is 19.9 Å². The highest BCUT2D eigenvalue weighted by molar-refractivity contribution is 7.86. The van der Waals surface area contributed by atoms with Gasteiger partial charge >= 0.3 is 0 Å². The van der Waals surface area contributed by atoms with E-state index in [0.29, 0.717) is 16.9 Å². The van der Waals surface area contributed by atoms with Crippen LogP contribution in [0.1, 0.15) is 12.6 Å². The van der Waals surface area contributed by atoms with Crippen molar-refractivity contribution >= 4 is 28.5 Å². The summed E-state index contributed by atoms with van der Waals surface area (Å²) < 4.78 is 13.7. The highest BCUT2D eigenvalue weighted by Gasteiger charge is 2.02. The van der Waals surface area contributed by atoms with E-state index in [9.17, 15) is 4.21 Å². The Labute approximate surface area is 84.3 Å². The van der Waals surface area contributed by atoms with Gasteiger partial charge in [0, 0.05) is 11.4 Å². The van der Waals surface area contributed by atoms with Crippen molar-refractivity contribution in [2.45, 2.75) is 13.8 Å². The van der Waals surface area contributed by atoms with E-state index in [1.807, 2.05) is 0 Å². The zero-order valence-electron chi connectivity index (χ0n) is 7.37. The first kappa shape index (κ1) is 10.4. The molecule has 1 aromatic rings. The second-order valence-corrected chi connectivity index (χ2v) is 4.25. The number of aryl methyl sites for hydroxylation is 1. The second-order valence-electron chi connectivity index (χ2n) is 2.39. The van der Waals surface area contributed by atoms with Crippen LogP contribution in [0.2, 0.25) is 5.15 Å². The Hall–Kier alpha value is -0.680. The van der Waals surface area contributed by atoms with Crippen molar-refractivity contribution in [3.05, 3.63) is 16.9 Å². The molecule has 0 aliphatic heterocycles. The van der Waals surface area contributed by atoms with Gasteiger partial charge in [-0.15, -0.1) is 0 Å². The predicted molar refractivity (Wildman–Crippen MR) is 54.1 cm³/mol. The molecule has 0 saturated heterocycles. The van der Waals surface area contributed by atoms with E-state index in [-0.39, 0.29) is 0 Å². The van der Waals surface area contributed by atoms with Gasteiger partial charge in [0.25, 0.3) is 0 Å². The molecule has 1 unspecified atom stereocenters. The van der Waals surface area contributed by atoms with Crippen molar-refractivity contribution in [2.75, 3.05) is 10.5 Å². The smallest absolute Gasteiger partial charge is 0.236 e. The molecular formula is C7H10ClN3OS. The number of hydrogen-bond acceptors (Lipinski definition) is 3. The van der Waals surface area contributed by atoms with E-state index >= 15 is 0 Å². The lowest BCUT2D eigenvalue weighted by Crippen LogP contribution is -2.09. The third kappa shape index (κ3) is 3.28. The normalized spacial score (nSPS) is 12.5. The molecule has 1 aromatic heterocycles. The number of hydrogen-bond donors (Lipinski definition) is 1. The Kier molecular flexibility index (Phi) is 3.62. The summed E-state index contributed by atoms with van der Waals surface area (Å²) in [6.45, 7) is 3.61. The Balaban J connectivity index is 2.83. The molecule has 1 N–H and O–H groups in total. The molecule has 0 amide bonds. The van der Waals surface area contributed by atoms with Crippen molar-refractivity contribution in [1.29, 1.82) is 0 Å². The molecule has 13 heavy (non-hydrogen) atoms. The zero-order chi connectivity index (χ0) is 9.84. The molecule has 0 bridgehead atoms. The molecular weight excluding hydrogens is 210 g/mol. The topological polar surface area (TPSA) is 54.9 Å². The highest BCUT2D eigenvalue weighted by Crippen LogP contribution is 2.09. The van der Waals surface area contributed by atoms with Gasteiger partial charge in [0.05, 0.1) is 0 Å². The molecule has 0 saturated carbocycles. The number of nitrogens with zero attached hydrogens (tertiary/aromatic N) is 2. The van der Waals surface area contributed by atoms with Crippen molar-refractivity contribution in [3.8, 4) is 0 Å². The van der Waals surface area contributed by atoms with Crippen LogP contribution in [0.25, 0.3) is 0 Å². The summed E-state index contributed by atoms with van der Waals surface area (Å²) in [5.74, 6) is 0.819. The molecule has 0 spiro atoms. The molecule has 6 heteroatoms. The average molecular weight is 220 g/mol. The number of rotatable bonds is 3. The fourth-order valence-corrected chi connectivity index (χ4v) is 1.43. The molecule has 0 radical (unpaired) electrons. The van der Waals surface area contributed by atoms with Crippen LogP contribution in [0.15, 0.2) is 6.07 Å². The molecule has 4 nitrogen and oxygen atoms in total. The maximum atomic E-state index is 11.1. The molecule has 1 rings (SSSR count). The molecule has 0 fully saturated rings. The van der Waals surface area contributed by atoms with Crippen molar-refractivity contribution < 1.29 is 4.21 Å². The first-order valence-electron chi connectivity index (χ1n) is 3.78. The summed E-state index contributed by atoms with van der Waals surface area (Å²) in [5.41, 5.74) is 0.746. The third-order valence-electron chi connectivity index (χ3n) is 1.29. The Bertz CT molecular complexity index is 311. The fraction of sp³-hybridized carbons (Fsp3) is 0.429. The van der Waals surface area contributed by atoms with Crippen LogP contribution in [-0.2, 0) is 11.0 Å². The number of aromatic nitrogens is 2. The number of anilines is 1. The van der Waals surface area contributed by atoms with Gasteiger partial charge in [-0.1, -0.05) is 18.5 Å². The quantitative estimate of drug-likeness (QED) is 0.785. The van der Waals surface area contributed by atoms with Gasteiger partial charge in [-0.2, -0.15) is 0 Å². The van der Waals surface area contributed by atoms with Crippen LogP contribution in [0.5, 0.6) is 0 Å². The molecule has 1 atom stereocenters. The lowest BCUT2D eigenvalue weighted by atomic mass is 10.5.